The fourth-order valence-corrected chi connectivity index (χ4v) is 4.24. The first kappa shape index (κ1) is 12.3. The van der Waals surface area contributed by atoms with Crippen LogP contribution in [0.5, 0.6) is 0 Å². The zero-order valence-corrected chi connectivity index (χ0v) is 13.0. The molecule has 3 aromatic rings. The van der Waals surface area contributed by atoms with E-state index in [1.807, 2.05) is 22.9 Å². The maximum atomic E-state index is 12.3. The molecule has 0 unspecified atom stereocenters. The van der Waals surface area contributed by atoms with Crippen molar-refractivity contribution in [2.24, 2.45) is 0 Å². The van der Waals surface area contributed by atoms with Crippen molar-refractivity contribution in [1.29, 1.82) is 0 Å². The molecule has 92 valence electrons. The number of aromatic nitrogens is 2. The molecule has 0 fully saturated rings. The first-order chi connectivity index (χ1) is 8.65. The van der Waals surface area contributed by atoms with Gasteiger partial charge in [-0.15, -0.1) is 22.7 Å². The Kier molecular flexibility index (Phi) is 3.23. The van der Waals surface area contributed by atoms with Crippen LogP contribution in [0.15, 0.2) is 32.2 Å². The Hall–Kier alpha value is -0.760. The normalized spacial score (nSPS) is 11.2. The van der Waals surface area contributed by atoms with Gasteiger partial charge in [-0.1, -0.05) is 0 Å². The second-order valence-electron chi connectivity index (χ2n) is 3.72. The van der Waals surface area contributed by atoms with Crippen molar-refractivity contribution < 1.29 is 0 Å². The second kappa shape index (κ2) is 4.73. The Morgan fingerprint density at radius 1 is 1.44 bits per heavy atom. The van der Waals surface area contributed by atoms with Gasteiger partial charge in [0.2, 0.25) is 0 Å². The summed E-state index contributed by atoms with van der Waals surface area (Å²) in [6, 6.07) is 3.83. The number of fused-ring (bicyclic) bond motifs is 1. The largest absolute Gasteiger partial charge is 0.323 e. The highest BCUT2D eigenvalue weighted by atomic mass is 79.9. The Morgan fingerprint density at radius 2 is 2.28 bits per heavy atom. The van der Waals surface area contributed by atoms with Crippen molar-refractivity contribution in [3.63, 3.8) is 0 Å². The van der Waals surface area contributed by atoms with E-state index in [0.29, 0.717) is 16.7 Å². The Morgan fingerprint density at radius 3 is 3.00 bits per heavy atom. The summed E-state index contributed by atoms with van der Waals surface area (Å²) in [6.45, 7) is 0.510. The van der Waals surface area contributed by atoms with Crippen molar-refractivity contribution in [3.8, 4) is 0 Å². The highest BCUT2D eigenvalue weighted by Gasteiger charge is 2.08. The van der Waals surface area contributed by atoms with Crippen LogP contribution in [0.2, 0.25) is 0 Å². The van der Waals surface area contributed by atoms with Crippen LogP contribution in [-0.2, 0) is 6.54 Å². The van der Waals surface area contributed by atoms with E-state index in [-0.39, 0.29) is 5.56 Å². The number of H-pyrrole nitrogens is 1. The number of aromatic amines is 1. The van der Waals surface area contributed by atoms with Crippen LogP contribution in [0.1, 0.15) is 4.88 Å². The summed E-state index contributed by atoms with van der Waals surface area (Å²) in [4.78, 5) is 17.3. The van der Waals surface area contributed by atoms with Gasteiger partial charge in [-0.3, -0.25) is 9.36 Å². The highest BCUT2D eigenvalue weighted by molar-refractivity contribution is 9.10. The van der Waals surface area contributed by atoms with Gasteiger partial charge in [0.15, 0.2) is 4.77 Å². The molecule has 18 heavy (non-hydrogen) atoms. The minimum absolute atomic E-state index is 0.0282. The summed E-state index contributed by atoms with van der Waals surface area (Å²) in [5.74, 6) is 0. The number of hydrogen-bond donors (Lipinski definition) is 1. The Labute approximate surface area is 124 Å². The van der Waals surface area contributed by atoms with Gasteiger partial charge in [-0.05, 0) is 45.7 Å². The van der Waals surface area contributed by atoms with Crippen molar-refractivity contribution in [3.05, 3.63) is 47.4 Å². The van der Waals surface area contributed by atoms with E-state index in [0.717, 1.165) is 14.2 Å². The smallest absolute Gasteiger partial charge is 0.263 e. The summed E-state index contributed by atoms with van der Waals surface area (Å²) in [6.07, 6.45) is 0. The van der Waals surface area contributed by atoms with Crippen LogP contribution < -0.4 is 5.56 Å². The Bertz CT molecular complexity index is 827. The average molecular weight is 359 g/mol. The molecule has 0 atom stereocenters. The molecule has 0 bridgehead atoms. The van der Waals surface area contributed by atoms with Gasteiger partial charge in [0, 0.05) is 14.7 Å². The third-order valence-corrected chi connectivity index (χ3v) is 5.38. The Balaban J connectivity index is 2.17. The predicted octanol–water partition coefficient (Wildman–Crippen LogP) is 3.99. The van der Waals surface area contributed by atoms with Gasteiger partial charge in [0.25, 0.3) is 5.56 Å². The molecule has 1 N–H and O–H groups in total. The van der Waals surface area contributed by atoms with Crippen LogP contribution >= 0.6 is 50.8 Å². The predicted molar refractivity (Wildman–Crippen MR) is 82.4 cm³/mol. The molecule has 3 rings (SSSR count). The number of nitrogens with zero attached hydrogens (tertiary/aromatic N) is 1. The van der Waals surface area contributed by atoms with Crippen molar-refractivity contribution in [1.82, 2.24) is 9.55 Å². The van der Waals surface area contributed by atoms with E-state index in [9.17, 15) is 4.79 Å². The lowest BCUT2D eigenvalue weighted by atomic mass is 10.4. The van der Waals surface area contributed by atoms with Gasteiger partial charge in [0.05, 0.1) is 11.9 Å². The lowest BCUT2D eigenvalue weighted by Crippen LogP contribution is -2.21. The van der Waals surface area contributed by atoms with E-state index < -0.39 is 0 Å². The molecule has 0 aliphatic rings. The third kappa shape index (κ3) is 2.11. The fourth-order valence-electron chi connectivity index (χ4n) is 1.71. The summed E-state index contributed by atoms with van der Waals surface area (Å²) < 4.78 is 3.10. The summed E-state index contributed by atoms with van der Waals surface area (Å²) in [7, 11) is 0. The molecular weight excluding hydrogens is 352 g/mol. The maximum absolute atomic E-state index is 12.3. The highest BCUT2D eigenvalue weighted by Crippen LogP contribution is 2.21. The molecular formula is C11H7BrN2OS3. The van der Waals surface area contributed by atoms with Crippen molar-refractivity contribution in [2.45, 2.75) is 6.54 Å². The number of hydrogen-bond acceptors (Lipinski definition) is 4. The van der Waals surface area contributed by atoms with Crippen LogP contribution in [-0.4, -0.2) is 9.55 Å². The lowest BCUT2D eigenvalue weighted by molar-refractivity contribution is 0.744. The van der Waals surface area contributed by atoms with E-state index in [1.165, 1.54) is 11.3 Å². The molecule has 0 aliphatic heterocycles. The number of halogens is 1. The molecule has 0 spiro atoms. The van der Waals surface area contributed by atoms with Crippen LogP contribution in [0.4, 0.5) is 0 Å². The molecule has 0 amide bonds. The molecule has 0 radical (unpaired) electrons. The summed E-state index contributed by atoms with van der Waals surface area (Å²) in [5.41, 5.74) is -0.0282. The second-order valence-corrected chi connectivity index (χ2v) is 6.93. The van der Waals surface area contributed by atoms with E-state index >= 15 is 0 Å². The maximum Gasteiger partial charge on any atom is 0.263 e. The molecule has 7 heteroatoms. The van der Waals surface area contributed by atoms with E-state index in [1.54, 1.807) is 15.9 Å². The van der Waals surface area contributed by atoms with Gasteiger partial charge in [-0.2, -0.15) is 0 Å². The average Bonchev–Trinajstić information content (AvgIpc) is 2.93. The number of thiophene rings is 2. The van der Waals surface area contributed by atoms with Gasteiger partial charge >= 0.3 is 0 Å². The lowest BCUT2D eigenvalue weighted by Gasteiger charge is -2.04. The van der Waals surface area contributed by atoms with E-state index in [2.05, 4.69) is 20.9 Å². The minimum Gasteiger partial charge on any atom is -0.323 e. The summed E-state index contributed by atoms with van der Waals surface area (Å²) in [5, 5.41) is 4.59. The zero-order chi connectivity index (χ0) is 12.7. The van der Waals surface area contributed by atoms with Crippen LogP contribution in [0.3, 0.4) is 0 Å². The first-order valence-corrected chi connectivity index (χ1v) is 8.04. The van der Waals surface area contributed by atoms with Gasteiger partial charge in [0.1, 0.15) is 4.83 Å². The molecule has 0 saturated carbocycles. The summed E-state index contributed by atoms with van der Waals surface area (Å²) >= 11 is 11.8. The van der Waals surface area contributed by atoms with Crippen molar-refractivity contribution in [2.75, 3.05) is 0 Å². The molecule has 3 heterocycles. The van der Waals surface area contributed by atoms with Crippen LogP contribution in [0, 0.1) is 4.77 Å². The molecule has 3 aromatic heterocycles. The minimum atomic E-state index is -0.0282. The van der Waals surface area contributed by atoms with Crippen LogP contribution in [0.25, 0.3) is 10.2 Å². The van der Waals surface area contributed by atoms with Crippen molar-refractivity contribution >= 4 is 61.0 Å². The molecule has 0 saturated heterocycles. The van der Waals surface area contributed by atoms with Gasteiger partial charge in [-0.25, -0.2) is 0 Å². The molecule has 0 aromatic carbocycles. The fraction of sp³-hybridized carbons (Fsp3) is 0.0909. The third-order valence-electron chi connectivity index (χ3n) is 2.54. The SMILES string of the molecule is O=c1c2ccsc2[nH]c(=S)n1Cc1cc(Br)cs1. The standard InChI is InChI=1S/C11H7BrN2OS3/c12-6-3-7(18-5-6)4-14-10(15)8-1-2-17-9(8)13-11(14)16/h1-3,5H,4H2,(H,13,16). The molecule has 3 nitrogen and oxygen atoms in total. The first-order valence-electron chi connectivity index (χ1n) is 5.08. The monoisotopic (exact) mass is 358 g/mol. The number of nitrogens with one attached hydrogen (secondary N) is 1. The van der Waals surface area contributed by atoms with E-state index in [4.69, 9.17) is 12.2 Å². The van der Waals surface area contributed by atoms with Gasteiger partial charge < -0.3 is 4.98 Å². The molecule has 0 aliphatic carbocycles. The number of rotatable bonds is 2. The topological polar surface area (TPSA) is 37.8 Å². The zero-order valence-electron chi connectivity index (χ0n) is 8.97. The quantitative estimate of drug-likeness (QED) is 0.703.